The molecule has 0 aliphatic carbocycles. The van der Waals surface area contributed by atoms with Crippen LogP contribution in [-0.4, -0.2) is 49.3 Å². The smallest absolute Gasteiger partial charge is 0.306 e. The minimum absolute atomic E-state index is 0.0575. The molecule has 0 N–H and O–H groups in total. The molecule has 0 aromatic heterocycles. The molecule has 8 nitrogen and oxygen atoms in total. The third-order valence-electron chi connectivity index (χ3n) is 5.20. The van der Waals surface area contributed by atoms with Crippen LogP contribution in [0, 0.1) is 0 Å². The molecule has 0 amide bonds. The first-order valence-corrected chi connectivity index (χ1v) is 12.5. The quantitative estimate of drug-likeness (QED) is 0.138. The number of ether oxygens (including phenoxy) is 4. The lowest BCUT2D eigenvalue weighted by Gasteiger charge is -2.10. The molecule has 0 rings (SSSR count). The molecule has 0 saturated carbocycles. The van der Waals surface area contributed by atoms with Gasteiger partial charge in [-0.2, -0.15) is 0 Å². The number of hydrogen-bond acceptors (Lipinski definition) is 8. The predicted octanol–water partition coefficient (Wildman–Crippen LogP) is 5.05. The first-order chi connectivity index (χ1) is 15.8. The van der Waals surface area contributed by atoms with Gasteiger partial charge < -0.3 is 18.9 Å². The van der Waals surface area contributed by atoms with Crippen LogP contribution >= 0.6 is 0 Å². The van der Waals surface area contributed by atoms with Gasteiger partial charge in [0.1, 0.15) is 0 Å². The zero-order chi connectivity index (χ0) is 24.9. The van der Waals surface area contributed by atoms with Crippen molar-refractivity contribution in [2.45, 2.75) is 123 Å². The lowest BCUT2D eigenvalue weighted by molar-refractivity contribution is -0.153. The van der Waals surface area contributed by atoms with E-state index in [2.05, 4.69) is 0 Å². The molecule has 2 unspecified atom stereocenters. The van der Waals surface area contributed by atoms with Gasteiger partial charge in [0.2, 0.25) is 0 Å². The highest BCUT2D eigenvalue weighted by Crippen LogP contribution is 2.09. The highest BCUT2D eigenvalue weighted by Gasteiger charge is 2.12. The lowest BCUT2D eigenvalue weighted by atomic mass is 10.1. The summed E-state index contributed by atoms with van der Waals surface area (Å²) in [5, 5.41) is 0. The summed E-state index contributed by atoms with van der Waals surface area (Å²) in [4.78, 5) is 46.3. The summed E-state index contributed by atoms with van der Waals surface area (Å²) in [5.41, 5.74) is 0. The fourth-order valence-electron chi connectivity index (χ4n) is 2.75. The summed E-state index contributed by atoms with van der Waals surface area (Å²) in [6.07, 6.45) is 8.23. The molecule has 0 aromatic rings. The van der Waals surface area contributed by atoms with E-state index in [9.17, 15) is 19.2 Å². The van der Waals surface area contributed by atoms with Crippen LogP contribution in [0.4, 0.5) is 0 Å². The number of unbranched alkanes of at least 4 members (excludes halogenated alkanes) is 6. The van der Waals surface area contributed by atoms with Crippen LogP contribution in [0.2, 0.25) is 0 Å². The SMILES string of the molecule is CCC(C)OC(=O)CCC(=O)OCCCCCCCCCOC(=O)CCC(=O)OC(C)CC. The average Bonchev–Trinajstić information content (AvgIpc) is 2.79. The van der Waals surface area contributed by atoms with Crippen LogP contribution in [0.5, 0.6) is 0 Å². The van der Waals surface area contributed by atoms with Crippen LogP contribution in [0.3, 0.4) is 0 Å². The van der Waals surface area contributed by atoms with Gasteiger partial charge in [0.25, 0.3) is 0 Å². The highest BCUT2D eigenvalue weighted by molar-refractivity contribution is 5.78. The zero-order valence-corrected chi connectivity index (χ0v) is 21.0. The zero-order valence-electron chi connectivity index (χ0n) is 21.0. The van der Waals surface area contributed by atoms with Crippen molar-refractivity contribution < 1.29 is 38.1 Å². The maximum atomic E-state index is 11.6. The van der Waals surface area contributed by atoms with Gasteiger partial charge in [0.15, 0.2) is 0 Å². The standard InChI is InChI=1S/C25H44O8/c1-5-20(3)32-24(28)16-14-22(26)30-18-12-10-8-7-9-11-13-19-31-23(27)15-17-25(29)33-21(4)6-2/h20-21H,5-19H2,1-4H3. The van der Waals surface area contributed by atoms with Crippen molar-refractivity contribution in [1.29, 1.82) is 0 Å². The van der Waals surface area contributed by atoms with E-state index in [1.54, 1.807) is 0 Å². The van der Waals surface area contributed by atoms with Crippen molar-refractivity contribution in [3.63, 3.8) is 0 Å². The van der Waals surface area contributed by atoms with Crippen LogP contribution in [0.1, 0.15) is 111 Å². The molecule has 0 saturated heterocycles. The maximum Gasteiger partial charge on any atom is 0.306 e. The fraction of sp³-hybridized carbons (Fsp3) is 0.840. The van der Waals surface area contributed by atoms with Crippen molar-refractivity contribution in [3.05, 3.63) is 0 Å². The first-order valence-electron chi connectivity index (χ1n) is 12.5. The van der Waals surface area contributed by atoms with Crippen molar-refractivity contribution in [3.8, 4) is 0 Å². The van der Waals surface area contributed by atoms with E-state index in [-0.39, 0.29) is 61.8 Å². The molecular weight excluding hydrogens is 428 g/mol. The van der Waals surface area contributed by atoms with E-state index in [1.165, 1.54) is 0 Å². The van der Waals surface area contributed by atoms with Gasteiger partial charge in [-0.1, -0.05) is 46.0 Å². The fourth-order valence-corrected chi connectivity index (χ4v) is 2.75. The number of carbonyl (C=O) groups excluding carboxylic acids is 4. The van der Waals surface area contributed by atoms with Crippen molar-refractivity contribution in [2.75, 3.05) is 13.2 Å². The number of hydrogen-bond donors (Lipinski definition) is 0. The molecule has 192 valence electrons. The molecule has 0 radical (unpaired) electrons. The van der Waals surface area contributed by atoms with Crippen molar-refractivity contribution >= 4 is 23.9 Å². The van der Waals surface area contributed by atoms with Gasteiger partial charge in [0, 0.05) is 0 Å². The largest absolute Gasteiger partial charge is 0.466 e. The second kappa shape index (κ2) is 20.5. The molecule has 0 aliphatic heterocycles. The normalized spacial score (nSPS) is 12.5. The summed E-state index contributed by atoms with van der Waals surface area (Å²) in [6, 6.07) is 0. The Morgan fingerprint density at radius 1 is 0.515 bits per heavy atom. The van der Waals surface area contributed by atoms with Gasteiger partial charge in [-0.05, 0) is 39.5 Å². The second-order valence-electron chi connectivity index (χ2n) is 8.33. The molecule has 2 atom stereocenters. The molecular formula is C25H44O8. The summed E-state index contributed by atoms with van der Waals surface area (Å²) in [5.74, 6) is -1.45. The third kappa shape index (κ3) is 20.2. The van der Waals surface area contributed by atoms with Crippen molar-refractivity contribution in [1.82, 2.24) is 0 Å². The third-order valence-corrected chi connectivity index (χ3v) is 5.20. The molecule has 8 heteroatoms. The monoisotopic (exact) mass is 472 g/mol. The molecule has 33 heavy (non-hydrogen) atoms. The van der Waals surface area contributed by atoms with E-state index < -0.39 is 0 Å². The summed E-state index contributed by atoms with van der Waals surface area (Å²) in [6.45, 7) is 8.26. The van der Waals surface area contributed by atoms with Gasteiger partial charge >= 0.3 is 23.9 Å². The summed E-state index contributed by atoms with van der Waals surface area (Å²) < 4.78 is 20.5. The Morgan fingerprint density at radius 2 is 0.818 bits per heavy atom. The van der Waals surface area contributed by atoms with Gasteiger partial charge in [-0.25, -0.2) is 0 Å². The van der Waals surface area contributed by atoms with E-state index in [1.807, 2.05) is 27.7 Å². The topological polar surface area (TPSA) is 105 Å². The van der Waals surface area contributed by atoms with Crippen LogP contribution in [0.15, 0.2) is 0 Å². The number of rotatable bonds is 20. The van der Waals surface area contributed by atoms with E-state index in [0.29, 0.717) is 13.2 Å². The molecule has 0 bridgehead atoms. The molecule has 0 heterocycles. The Bertz CT molecular complexity index is 513. The number of esters is 4. The Labute approximate surface area is 199 Å². The predicted molar refractivity (Wildman–Crippen MR) is 124 cm³/mol. The van der Waals surface area contributed by atoms with Crippen LogP contribution in [-0.2, 0) is 38.1 Å². The van der Waals surface area contributed by atoms with Gasteiger partial charge in [0.05, 0.1) is 51.1 Å². The van der Waals surface area contributed by atoms with Gasteiger partial charge in [-0.15, -0.1) is 0 Å². The second-order valence-corrected chi connectivity index (χ2v) is 8.33. The first kappa shape index (κ1) is 30.9. The minimum atomic E-state index is -0.363. The molecule has 0 aromatic carbocycles. The minimum Gasteiger partial charge on any atom is -0.466 e. The number of carbonyl (C=O) groups is 4. The van der Waals surface area contributed by atoms with E-state index in [4.69, 9.17) is 18.9 Å². The maximum absolute atomic E-state index is 11.6. The van der Waals surface area contributed by atoms with Crippen molar-refractivity contribution in [2.24, 2.45) is 0 Å². The average molecular weight is 473 g/mol. The Hall–Kier alpha value is -2.12. The molecule has 0 aliphatic rings. The van der Waals surface area contributed by atoms with Crippen LogP contribution < -0.4 is 0 Å². The van der Waals surface area contributed by atoms with E-state index >= 15 is 0 Å². The highest BCUT2D eigenvalue weighted by atomic mass is 16.6. The van der Waals surface area contributed by atoms with E-state index in [0.717, 1.165) is 57.8 Å². The Morgan fingerprint density at radius 3 is 1.15 bits per heavy atom. The Kier molecular flexibility index (Phi) is 19.2. The van der Waals surface area contributed by atoms with Crippen LogP contribution in [0.25, 0.3) is 0 Å². The molecule has 0 spiro atoms. The lowest BCUT2D eigenvalue weighted by Crippen LogP contribution is -2.15. The summed E-state index contributed by atoms with van der Waals surface area (Å²) >= 11 is 0. The molecule has 0 fully saturated rings. The Balaban J connectivity index is 3.45. The summed E-state index contributed by atoms with van der Waals surface area (Å²) in [7, 11) is 0. The van der Waals surface area contributed by atoms with Gasteiger partial charge in [-0.3, -0.25) is 19.2 Å².